The number of carbonyl (C=O) groups is 3. The Morgan fingerprint density at radius 1 is 1.09 bits per heavy atom. The van der Waals surface area contributed by atoms with Gasteiger partial charge >= 0.3 is 6.36 Å². The molecule has 0 radical (unpaired) electrons. The Morgan fingerprint density at radius 3 is 2.30 bits per heavy atom. The first-order chi connectivity index (χ1) is 24.9. The second-order valence-corrected chi connectivity index (χ2v) is 18.0. The summed E-state index contributed by atoms with van der Waals surface area (Å²) in [6.45, 7) is 10.8. The van der Waals surface area contributed by atoms with Gasteiger partial charge in [0.2, 0.25) is 11.8 Å². The SMILES string of the molecule is Cc1nc(C)c(C(=O)N2C[C@@H](C(=O)N[C@H](C(O)N3CCC(OC(F)(F)F)CC3)[C@@H](C)OCC3(CO)CC=CCC3)C3(C2)CN(C(=O)[C@H]2CC2(C)C)C3)s1. The lowest BCUT2D eigenvalue weighted by atomic mass is 9.70. The van der Waals surface area contributed by atoms with Crippen LogP contribution in [0.1, 0.15) is 79.7 Å². The molecule has 2 aliphatic carbocycles. The monoisotopic (exact) mass is 769 g/mol. The quantitative estimate of drug-likeness (QED) is 0.272. The minimum atomic E-state index is -4.76. The van der Waals surface area contributed by atoms with Crippen molar-refractivity contribution in [1.29, 1.82) is 0 Å². The number of ether oxygens (including phenoxy) is 2. The van der Waals surface area contributed by atoms with Crippen molar-refractivity contribution in [3.63, 3.8) is 0 Å². The Morgan fingerprint density at radius 2 is 1.75 bits per heavy atom. The van der Waals surface area contributed by atoms with E-state index in [0.29, 0.717) is 36.5 Å². The van der Waals surface area contributed by atoms with Crippen LogP contribution in [0.3, 0.4) is 0 Å². The second-order valence-electron chi connectivity index (χ2n) is 16.8. The average molecular weight is 770 g/mol. The molecule has 296 valence electrons. The van der Waals surface area contributed by atoms with Crippen LogP contribution in [0, 0.1) is 41.9 Å². The maximum atomic E-state index is 14.5. The largest absolute Gasteiger partial charge is 0.522 e. The summed E-state index contributed by atoms with van der Waals surface area (Å²) < 4.78 is 49.4. The number of hydrogen-bond donors (Lipinski definition) is 3. The van der Waals surface area contributed by atoms with Crippen molar-refractivity contribution in [3.8, 4) is 0 Å². The maximum absolute atomic E-state index is 14.5. The number of aliphatic hydroxyl groups excluding tert-OH is 2. The maximum Gasteiger partial charge on any atom is 0.522 e. The highest BCUT2D eigenvalue weighted by atomic mass is 32.1. The van der Waals surface area contributed by atoms with E-state index in [9.17, 15) is 37.8 Å². The van der Waals surface area contributed by atoms with Crippen molar-refractivity contribution in [2.45, 2.75) is 104 Å². The van der Waals surface area contributed by atoms with Gasteiger partial charge in [0, 0.05) is 56.0 Å². The number of carbonyl (C=O) groups excluding carboxylic acids is 3. The van der Waals surface area contributed by atoms with Crippen LogP contribution in [-0.4, -0.2) is 131 Å². The molecular formula is C37H54F3N5O7S. The van der Waals surface area contributed by atoms with E-state index in [1.54, 1.807) is 28.5 Å². The molecule has 6 atom stereocenters. The third kappa shape index (κ3) is 8.62. The zero-order chi connectivity index (χ0) is 38.5. The average Bonchev–Trinajstić information content (AvgIpc) is 3.37. The summed E-state index contributed by atoms with van der Waals surface area (Å²) in [5, 5.41) is 25.9. The molecule has 3 aliphatic heterocycles. The van der Waals surface area contributed by atoms with Gasteiger partial charge in [-0.05, 0) is 64.7 Å². The van der Waals surface area contributed by atoms with Crippen LogP contribution in [0.15, 0.2) is 12.2 Å². The van der Waals surface area contributed by atoms with Crippen LogP contribution in [-0.2, 0) is 19.1 Å². The van der Waals surface area contributed by atoms with Crippen LogP contribution in [0.25, 0.3) is 0 Å². The molecule has 1 aromatic rings. The number of rotatable bonds is 12. The summed E-state index contributed by atoms with van der Waals surface area (Å²) in [6, 6.07) is -1.00. The number of likely N-dealkylation sites (tertiary alicyclic amines) is 3. The molecule has 1 saturated carbocycles. The Kier molecular flexibility index (Phi) is 11.4. The normalized spacial score (nSPS) is 28.8. The van der Waals surface area contributed by atoms with E-state index in [1.807, 2.05) is 13.0 Å². The molecule has 0 aromatic carbocycles. The van der Waals surface area contributed by atoms with Crippen LogP contribution in [0.2, 0.25) is 0 Å². The molecule has 5 aliphatic rings. The van der Waals surface area contributed by atoms with E-state index < -0.39 is 53.5 Å². The number of hydrogen-bond acceptors (Lipinski definition) is 10. The lowest BCUT2D eigenvalue weighted by molar-refractivity contribution is -0.346. The van der Waals surface area contributed by atoms with Gasteiger partial charge in [-0.15, -0.1) is 24.5 Å². The lowest BCUT2D eigenvalue weighted by Gasteiger charge is -2.51. The number of amides is 3. The van der Waals surface area contributed by atoms with Crippen LogP contribution in [0.5, 0.6) is 0 Å². The molecule has 3 saturated heterocycles. The predicted molar refractivity (Wildman–Crippen MR) is 189 cm³/mol. The summed E-state index contributed by atoms with van der Waals surface area (Å²) in [7, 11) is 0. The molecule has 3 amide bonds. The van der Waals surface area contributed by atoms with E-state index in [4.69, 9.17) is 4.74 Å². The van der Waals surface area contributed by atoms with Gasteiger partial charge in [-0.25, -0.2) is 4.98 Å². The van der Waals surface area contributed by atoms with Gasteiger partial charge in [-0.2, -0.15) is 0 Å². The van der Waals surface area contributed by atoms with Gasteiger partial charge in [0.25, 0.3) is 5.91 Å². The highest BCUT2D eigenvalue weighted by Crippen LogP contribution is 2.55. The van der Waals surface area contributed by atoms with Gasteiger partial charge in [0.05, 0.1) is 48.1 Å². The summed E-state index contributed by atoms with van der Waals surface area (Å²) in [4.78, 5) is 51.8. The molecule has 4 fully saturated rings. The molecule has 4 heterocycles. The second kappa shape index (κ2) is 15.1. The van der Waals surface area contributed by atoms with Crippen LogP contribution in [0.4, 0.5) is 13.2 Å². The Bertz CT molecular complexity index is 1560. The fourth-order valence-corrected chi connectivity index (χ4v) is 9.59. The van der Waals surface area contributed by atoms with Crippen LogP contribution < -0.4 is 5.32 Å². The Hall–Kier alpha value is -2.63. The first-order valence-electron chi connectivity index (χ1n) is 18.7. The number of halogens is 3. The number of aromatic nitrogens is 1. The highest BCUT2D eigenvalue weighted by molar-refractivity contribution is 7.13. The molecule has 12 nitrogen and oxygen atoms in total. The number of thiazole rings is 1. The van der Waals surface area contributed by atoms with Crippen molar-refractivity contribution < 1.29 is 47.2 Å². The standard InChI is InChI=1S/C37H54F3N5O7S/c1-22-29(53-24(3)41-22)33(50)44-16-27(36(17-44)18-45(19-36)31(48)26-15-34(26,4)5)30(47)42-28(23(2)51-21-35(20-46)11-7-6-8-12-35)32(49)43-13-9-25(10-14-43)52-37(38,39)40/h6-7,23,25-28,32,46,49H,8-21H2,1-5H3,(H,42,47)/t23-,26-,27+,28+,32?,35?/m1/s1. The molecule has 1 spiro atoms. The number of allylic oxidation sites excluding steroid dienone is 2. The molecule has 2 unspecified atom stereocenters. The molecular weight excluding hydrogens is 715 g/mol. The Labute approximate surface area is 313 Å². The fourth-order valence-electron chi connectivity index (χ4n) is 8.71. The number of nitrogens with one attached hydrogen (secondary N) is 1. The number of piperidine rings is 1. The van der Waals surface area contributed by atoms with Crippen molar-refractivity contribution in [3.05, 3.63) is 27.7 Å². The summed E-state index contributed by atoms with van der Waals surface area (Å²) in [6.07, 6.45) is -0.833. The van der Waals surface area contributed by atoms with E-state index in [0.717, 1.165) is 17.8 Å². The van der Waals surface area contributed by atoms with E-state index >= 15 is 0 Å². The number of alkyl halides is 3. The number of aliphatic hydroxyl groups is 2. The lowest BCUT2D eigenvalue weighted by Crippen LogP contribution is -2.66. The van der Waals surface area contributed by atoms with Crippen LogP contribution >= 0.6 is 11.3 Å². The topological polar surface area (TPSA) is 145 Å². The number of aryl methyl sites for hydroxylation is 2. The third-order valence-electron chi connectivity index (χ3n) is 12.3. The van der Waals surface area contributed by atoms with Crippen molar-refractivity contribution >= 4 is 29.1 Å². The molecule has 0 bridgehead atoms. The zero-order valence-electron chi connectivity index (χ0n) is 31.3. The Balaban J connectivity index is 1.21. The molecule has 53 heavy (non-hydrogen) atoms. The predicted octanol–water partition coefficient (Wildman–Crippen LogP) is 3.63. The summed E-state index contributed by atoms with van der Waals surface area (Å²) in [5.41, 5.74) is -0.666. The smallest absolute Gasteiger partial charge is 0.396 e. The van der Waals surface area contributed by atoms with Gasteiger partial charge in [-0.1, -0.05) is 26.0 Å². The van der Waals surface area contributed by atoms with Gasteiger partial charge in [0.1, 0.15) is 11.1 Å². The van der Waals surface area contributed by atoms with E-state index in [1.165, 1.54) is 11.3 Å². The van der Waals surface area contributed by atoms with Crippen molar-refractivity contribution in [2.75, 3.05) is 52.5 Å². The molecule has 16 heteroatoms. The van der Waals surface area contributed by atoms with E-state index in [-0.39, 0.29) is 75.4 Å². The minimum Gasteiger partial charge on any atom is -0.396 e. The first-order valence-corrected chi connectivity index (χ1v) is 19.5. The van der Waals surface area contributed by atoms with Gasteiger partial charge < -0.3 is 30.1 Å². The number of nitrogens with zero attached hydrogens (tertiary/aromatic N) is 4. The summed E-state index contributed by atoms with van der Waals surface area (Å²) in [5.74, 6) is -1.34. The molecule has 1 aromatic heterocycles. The first kappa shape index (κ1) is 40.0. The fraction of sp³-hybridized carbons (Fsp3) is 0.784. The van der Waals surface area contributed by atoms with Gasteiger partial charge in [0.15, 0.2) is 0 Å². The van der Waals surface area contributed by atoms with Crippen molar-refractivity contribution in [2.24, 2.45) is 28.1 Å². The van der Waals surface area contributed by atoms with E-state index in [2.05, 4.69) is 35.0 Å². The third-order valence-corrected chi connectivity index (χ3v) is 13.4. The highest BCUT2D eigenvalue weighted by Gasteiger charge is 2.62. The molecule has 6 rings (SSSR count). The molecule has 3 N–H and O–H groups in total. The van der Waals surface area contributed by atoms with Gasteiger partial charge in [-0.3, -0.25) is 24.0 Å². The zero-order valence-corrected chi connectivity index (χ0v) is 32.1. The summed E-state index contributed by atoms with van der Waals surface area (Å²) >= 11 is 1.30. The minimum absolute atomic E-state index is 0.0351. The van der Waals surface area contributed by atoms with Crippen molar-refractivity contribution in [1.82, 2.24) is 25.0 Å².